The van der Waals surface area contributed by atoms with Crippen LogP contribution in [-0.4, -0.2) is 48.3 Å². The van der Waals surface area contributed by atoms with Crippen molar-refractivity contribution < 1.29 is 9.53 Å². The molecule has 0 unspecified atom stereocenters. The minimum atomic E-state index is 0.165. The zero-order valence-corrected chi connectivity index (χ0v) is 15.4. The normalized spacial score (nSPS) is 18.6. The fourth-order valence-electron chi connectivity index (χ4n) is 3.40. The molecule has 1 aromatic rings. The Bertz CT molecular complexity index is 579. The van der Waals surface area contributed by atoms with Crippen LogP contribution in [0.15, 0.2) is 24.3 Å². The molecule has 1 saturated heterocycles. The van der Waals surface area contributed by atoms with E-state index in [1.807, 2.05) is 29.2 Å². The molecule has 2 aliphatic rings. The zero-order chi connectivity index (χ0) is 17.5. The first-order valence-electron chi connectivity index (χ1n) is 9.23. The van der Waals surface area contributed by atoms with Crippen LogP contribution >= 0.6 is 12.2 Å². The molecule has 1 aliphatic carbocycles. The third kappa shape index (κ3) is 5.68. The molecule has 0 atom stereocenters. The first-order valence-corrected chi connectivity index (χ1v) is 9.63. The summed E-state index contributed by atoms with van der Waals surface area (Å²) in [7, 11) is 0. The highest BCUT2D eigenvalue weighted by Crippen LogP contribution is 2.18. The number of benzene rings is 1. The molecule has 5 nitrogen and oxygen atoms in total. The van der Waals surface area contributed by atoms with Crippen molar-refractivity contribution in [2.75, 3.05) is 31.6 Å². The Kier molecular flexibility index (Phi) is 6.64. The highest BCUT2D eigenvalue weighted by Gasteiger charge is 2.17. The van der Waals surface area contributed by atoms with Crippen LogP contribution in [0, 0.1) is 0 Å². The number of morpholine rings is 1. The molecule has 0 bridgehead atoms. The third-order valence-electron chi connectivity index (χ3n) is 4.87. The summed E-state index contributed by atoms with van der Waals surface area (Å²) in [6.45, 7) is 2.67. The molecule has 0 aromatic heterocycles. The Morgan fingerprint density at radius 3 is 2.48 bits per heavy atom. The SMILES string of the molecule is O=C(Cc1ccc(NC(=S)NC2CCCCC2)cc1)N1CCOCC1. The Labute approximate surface area is 155 Å². The van der Waals surface area contributed by atoms with Gasteiger partial charge in [0.05, 0.1) is 19.6 Å². The van der Waals surface area contributed by atoms with E-state index in [2.05, 4.69) is 10.6 Å². The molecule has 2 fully saturated rings. The summed E-state index contributed by atoms with van der Waals surface area (Å²) < 4.78 is 5.29. The number of anilines is 1. The maximum atomic E-state index is 12.3. The fourth-order valence-corrected chi connectivity index (χ4v) is 3.69. The van der Waals surface area contributed by atoms with Crippen LogP contribution < -0.4 is 10.6 Å². The average Bonchev–Trinajstić information content (AvgIpc) is 2.65. The van der Waals surface area contributed by atoms with Gasteiger partial charge in [-0.3, -0.25) is 4.79 Å². The number of amides is 1. The molecule has 1 aliphatic heterocycles. The van der Waals surface area contributed by atoms with Crippen molar-refractivity contribution in [3.05, 3.63) is 29.8 Å². The third-order valence-corrected chi connectivity index (χ3v) is 5.09. The topological polar surface area (TPSA) is 53.6 Å². The van der Waals surface area contributed by atoms with Crippen LogP contribution in [-0.2, 0) is 16.0 Å². The molecule has 1 amide bonds. The molecule has 6 heteroatoms. The number of nitrogens with zero attached hydrogens (tertiary/aromatic N) is 1. The summed E-state index contributed by atoms with van der Waals surface area (Å²) in [5.41, 5.74) is 1.98. The summed E-state index contributed by atoms with van der Waals surface area (Å²) >= 11 is 5.41. The highest BCUT2D eigenvalue weighted by molar-refractivity contribution is 7.80. The van der Waals surface area contributed by atoms with E-state index < -0.39 is 0 Å². The molecular formula is C19H27N3O2S. The van der Waals surface area contributed by atoms with Gasteiger partial charge in [0.15, 0.2) is 5.11 Å². The summed E-state index contributed by atoms with van der Waals surface area (Å²) in [5.74, 6) is 0.165. The second kappa shape index (κ2) is 9.15. The lowest BCUT2D eigenvalue weighted by Gasteiger charge is -2.27. The van der Waals surface area contributed by atoms with Crippen molar-refractivity contribution in [1.29, 1.82) is 0 Å². The number of nitrogens with one attached hydrogen (secondary N) is 2. The maximum Gasteiger partial charge on any atom is 0.227 e. The van der Waals surface area contributed by atoms with Gasteiger partial charge in [0.25, 0.3) is 0 Å². The van der Waals surface area contributed by atoms with Crippen LogP contribution in [0.25, 0.3) is 0 Å². The fraction of sp³-hybridized carbons (Fsp3) is 0.579. The minimum absolute atomic E-state index is 0.165. The number of carbonyl (C=O) groups excluding carboxylic acids is 1. The second-order valence-electron chi connectivity index (χ2n) is 6.80. The Morgan fingerprint density at radius 2 is 1.80 bits per heavy atom. The molecule has 3 rings (SSSR count). The van der Waals surface area contributed by atoms with Crippen LogP contribution in [0.3, 0.4) is 0 Å². The molecule has 136 valence electrons. The molecule has 1 heterocycles. The van der Waals surface area contributed by atoms with Crippen molar-refractivity contribution in [1.82, 2.24) is 10.2 Å². The molecule has 1 aromatic carbocycles. The predicted molar refractivity (Wildman–Crippen MR) is 104 cm³/mol. The largest absolute Gasteiger partial charge is 0.378 e. The lowest BCUT2D eigenvalue weighted by molar-refractivity contribution is -0.134. The van der Waals surface area contributed by atoms with Crippen molar-refractivity contribution in [2.24, 2.45) is 0 Å². The molecule has 25 heavy (non-hydrogen) atoms. The highest BCUT2D eigenvalue weighted by atomic mass is 32.1. The van der Waals surface area contributed by atoms with E-state index in [4.69, 9.17) is 17.0 Å². The lowest BCUT2D eigenvalue weighted by atomic mass is 9.96. The van der Waals surface area contributed by atoms with Gasteiger partial charge in [-0.15, -0.1) is 0 Å². The van der Waals surface area contributed by atoms with Gasteiger partial charge in [-0.05, 0) is 42.8 Å². The van der Waals surface area contributed by atoms with Gasteiger partial charge >= 0.3 is 0 Å². The predicted octanol–water partition coefficient (Wildman–Crippen LogP) is 2.71. The van der Waals surface area contributed by atoms with Crippen LogP contribution in [0.5, 0.6) is 0 Å². The standard InChI is InChI=1S/C19H27N3O2S/c23-18(22-10-12-24-13-11-22)14-15-6-8-17(9-7-15)21-19(25)20-16-4-2-1-3-5-16/h6-9,16H,1-5,10-14H2,(H2,20,21,25). The molecular weight excluding hydrogens is 334 g/mol. The second-order valence-corrected chi connectivity index (χ2v) is 7.21. The van der Waals surface area contributed by atoms with Gasteiger partial charge in [-0.2, -0.15) is 0 Å². The quantitative estimate of drug-likeness (QED) is 0.808. The van der Waals surface area contributed by atoms with Crippen LogP contribution in [0.1, 0.15) is 37.7 Å². The van der Waals surface area contributed by atoms with Crippen molar-refractivity contribution in [2.45, 2.75) is 44.6 Å². The van der Waals surface area contributed by atoms with E-state index in [0.29, 0.717) is 43.9 Å². The summed E-state index contributed by atoms with van der Waals surface area (Å²) in [6, 6.07) is 8.45. The minimum Gasteiger partial charge on any atom is -0.378 e. The monoisotopic (exact) mass is 361 g/mol. The van der Waals surface area contributed by atoms with E-state index >= 15 is 0 Å². The smallest absolute Gasteiger partial charge is 0.227 e. The van der Waals surface area contributed by atoms with Crippen LogP contribution in [0.2, 0.25) is 0 Å². The Hall–Kier alpha value is -1.66. The number of carbonyl (C=O) groups is 1. The first-order chi connectivity index (χ1) is 12.2. The van der Waals surface area contributed by atoms with E-state index in [1.54, 1.807) is 0 Å². The van der Waals surface area contributed by atoms with Gasteiger partial charge in [0.1, 0.15) is 0 Å². The molecule has 0 spiro atoms. The van der Waals surface area contributed by atoms with Gasteiger partial charge < -0.3 is 20.3 Å². The van der Waals surface area contributed by atoms with Crippen molar-refractivity contribution in [3.63, 3.8) is 0 Å². The van der Waals surface area contributed by atoms with Crippen LogP contribution in [0.4, 0.5) is 5.69 Å². The summed E-state index contributed by atoms with van der Waals surface area (Å²) in [4.78, 5) is 14.1. The number of thiocarbonyl (C=S) groups is 1. The number of rotatable bonds is 4. The first kappa shape index (κ1) is 18.1. The zero-order valence-electron chi connectivity index (χ0n) is 14.6. The number of ether oxygens (including phenoxy) is 1. The van der Waals surface area contributed by atoms with Crippen molar-refractivity contribution >= 4 is 28.9 Å². The van der Waals surface area contributed by atoms with Gasteiger partial charge in [0, 0.05) is 24.8 Å². The van der Waals surface area contributed by atoms with Gasteiger partial charge in [-0.1, -0.05) is 31.4 Å². The van der Waals surface area contributed by atoms with E-state index in [0.717, 1.165) is 11.3 Å². The number of hydrogen-bond donors (Lipinski definition) is 2. The molecule has 2 N–H and O–H groups in total. The maximum absolute atomic E-state index is 12.3. The Balaban J connectivity index is 1.46. The van der Waals surface area contributed by atoms with Gasteiger partial charge in [-0.25, -0.2) is 0 Å². The van der Waals surface area contributed by atoms with E-state index in [1.165, 1.54) is 32.1 Å². The van der Waals surface area contributed by atoms with Gasteiger partial charge in [0.2, 0.25) is 5.91 Å². The lowest BCUT2D eigenvalue weighted by Crippen LogP contribution is -2.41. The van der Waals surface area contributed by atoms with Crippen molar-refractivity contribution in [3.8, 4) is 0 Å². The Morgan fingerprint density at radius 1 is 1.12 bits per heavy atom. The molecule has 0 radical (unpaired) electrons. The van der Waals surface area contributed by atoms with E-state index in [9.17, 15) is 4.79 Å². The van der Waals surface area contributed by atoms with E-state index in [-0.39, 0.29) is 5.91 Å². The molecule has 1 saturated carbocycles. The number of hydrogen-bond acceptors (Lipinski definition) is 3. The summed E-state index contributed by atoms with van der Waals surface area (Å²) in [6.07, 6.45) is 6.74. The summed E-state index contributed by atoms with van der Waals surface area (Å²) in [5, 5.41) is 7.33. The average molecular weight is 362 g/mol.